The topological polar surface area (TPSA) is 77.8 Å². The van der Waals surface area contributed by atoms with Gasteiger partial charge in [0.05, 0.1) is 23.5 Å². The standard InChI is InChI=1S/C28H35Cl2NO4/c1-6-23(17(2)27(3,4)35)31-25(18-10-12-20(29)13-11-18)22(19-8-7-9-21(30)14-19)15-28(5,26(31)34)16-24(32)33/h7-14,17,22-23,25,35H,6,15-16H2,1-5H3,(H,32,33)/t17-,22?,23?,25?,28-/m1/s1. The van der Waals surface area contributed by atoms with Crippen LogP contribution in [0.25, 0.3) is 0 Å². The number of carbonyl (C=O) groups is 2. The molecule has 0 aromatic heterocycles. The lowest BCUT2D eigenvalue weighted by Gasteiger charge is -2.54. The highest BCUT2D eigenvalue weighted by molar-refractivity contribution is 6.30. The molecule has 0 saturated carbocycles. The number of hydrogen-bond acceptors (Lipinski definition) is 3. The Hall–Kier alpha value is -2.08. The average molecular weight is 520 g/mol. The third-order valence-electron chi connectivity index (χ3n) is 7.60. The van der Waals surface area contributed by atoms with E-state index in [2.05, 4.69) is 0 Å². The number of piperidine rings is 1. The normalized spacial score (nSPS) is 24.8. The van der Waals surface area contributed by atoms with Gasteiger partial charge in [0.15, 0.2) is 0 Å². The molecule has 190 valence electrons. The lowest BCUT2D eigenvalue weighted by Crippen LogP contribution is -2.59. The van der Waals surface area contributed by atoms with Gasteiger partial charge in [-0.05, 0) is 62.1 Å². The average Bonchev–Trinajstić information content (AvgIpc) is 2.76. The minimum Gasteiger partial charge on any atom is -0.481 e. The summed E-state index contributed by atoms with van der Waals surface area (Å²) in [5.74, 6) is -1.70. The van der Waals surface area contributed by atoms with Crippen LogP contribution < -0.4 is 0 Å². The number of aliphatic hydroxyl groups is 1. The second-order valence-corrected chi connectivity index (χ2v) is 11.5. The fraction of sp³-hybridized carbons (Fsp3) is 0.500. The monoisotopic (exact) mass is 519 g/mol. The van der Waals surface area contributed by atoms with Crippen LogP contribution in [0.2, 0.25) is 10.0 Å². The molecule has 1 amide bonds. The van der Waals surface area contributed by atoms with Crippen LogP contribution in [0.5, 0.6) is 0 Å². The number of amides is 1. The maximum absolute atomic E-state index is 14.2. The first-order chi connectivity index (χ1) is 16.3. The van der Waals surface area contributed by atoms with Gasteiger partial charge in [0.1, 0.15) is 0 Å². The summed E-state index contributed by atoms with van der Waals surface area (Å²) >= 11 is 12.6. The van der Waals surface area contributed by atoms with Crippen LogP contribution in [0.15, 0.2) is 48.5 Å². The Bertz CT molecular complexity index is 1070. The van der Waals surface area contributed by atoms with Crippen LogP contribution in [0.3, 0.4) is 0 Å². The highest BCUT2D eigenvalue weighted by Gasteiger charge is 2.53. The van der Waals surface area contributed by atoms with Gasteiger partial charge in [0.2, 0.25) is 5.91 Å². The highest BCUT2D eigenvalue weighted by atomic mass is 35.5. The van der Waals surface area contributed by atoms with Crippen molar-refractivity contribution in [3.8, 4) is 0 Å². The van der Waals surface area contributed by atoms with Crippen molar-refractivity contribution in [3.63, 3.8) is 0 Å². The van der Waals surface area contributed by atoms with E-state index in [1.54, 1.807) is 39.0 Å². The van der Waals surface area contributed by atoms with Crippen molar-refractivity contribution in [1.82, 2.24) is 4.90 Å². The molecule has 2 aromatic carbocycles. The molecule has 0 aliphatic carbocycles. The summed E-state index contributed by atoms with van der Waals surface area (Å²) in [6, 6.07) is 14.3. The van der Waals surface area contributed by atoms with Crippen LogP contribution in [-0.2, 0) is 9.59 Å². The molecule has 1 saturated heterocycles. The Labute approximate surface area is 218 Å². The first-order valence-electron chi connectivity index (χ1n) is 12.1. The summed E-state index contributed by atoms with van der Waals surface area (Å²) in [4.78, 5) is 28.0. The fourth-order valence-electron chi connectivity index (χ4n) is 5.51. The number of nitrogens with zero attached hydrogens (tertiary/aromatic N) is 1. The minimum absolute atomic E-state index is 0.207. The molecule has 1 heterocycles. The molecular weight excluding hydrogens is 485 g/mol. The van der Waals surface area contributed by atoms with E-state index in [9.17, 15) is 19.8 Å². The van der Waals surface area contributed by atoms with Gasteiger partial charge in [-0.15, -0.1) is 0 Å². The molecule has 3 unspecified atom stereocenters. The maximum atomic E-state index is 14.2. The summed E-state index contributed by atoms with van der Waals surface area (Å²) in [7, 11) is 0. The number of carboxylic acid groups (broad SMARTS) is 1. The number of rotatable bonds is 8. The Morgan fingerprint density at radius 3 is 2.29 bits per heavy atom. The number of benzene rings is 2. The first kappa shape index (κ1) is 27.5. The first-order valence-corrected chi connectivity index (χ1v) is 12.8. The van der Waals surface area contributed by atoms with E-state index >= 15 is 0 Å². The molecule has 1 fully saturated rings. The molecule has 3 rings (SSSR count). The van der Waals surface area contributed by atoms with Crippen LogP contribution >= 0.6 is 23.2 Å². The Morgan fingerprint density at radius 2 is 1.77 bits per heavy atom. The van der Waals surface area contributed by atoms with Crippen molar-refractivity contribution in [2.75, 3.05) is 0 Å². The van der Waals surface area contributed by atoms with E-state index in [4.69, 9.17) is 23.2 Å². The second-order valence-electron chi connectivity index (χ2n) is 10.6. The van der Waals surface area contributed by atoms with Gasteiger partial charge in [-0.25, -0.2) is 0 Å². The van der Waals surface area contributed by atoms with Crippen molar-refractivity contribution in [1.29, 1.82) is 0 Å². The molecule has 35 heavy (non-hydrogen) atoms. The fourth-order valence-corrected chi connectivity index (χ4v) is 5.83. The smallest absolute Gasteiger partial charge is 0.304 e. The van der Waals surface area contributed by atoms with Crippen LogP contribution in [0.4, 0.5) is 0 Å². The van der Waals surface area contributed by atoms with Gasteiger partial charge in [-0.2, -0.15) is 0 Å². The summed E-state index contributed by atoms with van der Waals surface area (Å²) in [5, 5.41) is 21.8. The molecule has 5 nitrogen and oxygen atoms in total. The van der Waals surface area contributed by atoms with Gasteiger partial charge < -0.3 is 15.1 Å². The lowest BCUT2D eigenvalue weighted by atomic mass is 9.66. The highest BCUT2D eigenvalue weighted by Crippen LogP contribution is 2.53. The number of likely N-dealkylation sites (tertiary alicyclic amines) is 1. The molecule has 1 aliphatic rings. The van der Waals surface area contributed by atoms with Crippen molar-refractivity contribution < 1.29 is 19.8 Å². The predicted octanol–water partition coefficient (Wildman–Crippen LogP) is 6.72. The number of carbonyl (C=O) groups excluding carboxylic acids is 1. The minimum atomic E-state index is -1.12. The van der Waals surface area contributed by atoms with Crippen molar-refractivity contribution in [2.45, 2.75) is 77.5 Å². The van der Waals surface area contributed by atoms with Crippen LogP contribution in [0, 0.1) is 11.3 Å². The van der Waals surface area contributed by atoms with Gasteiger partial charge in [0.25, 0.3) is 0 Å². The molecule has 2 aromatic rings. The quantitative estimate of drug-likeness (QED) is 0.405. The van der Waals surface area contributed by atoms with Crippen molar-refractivity contribution in [2.24, 2.45) is 11.3 Å². The summed E-state index contributed by atoms with van der Waals surface area (Å²) in [5.41, 5.74) is -0.310. The zero-order valence-electron chi connectivity index (χ0n) is 21.0. The van der Waals surface area contributed by atoms with E-state index in [1.807, 2.05) is 49.1 Å². The zero-order chi connectivity index (χ0) is 26.1. The van der Waals surface area contributed by atoms with Gasteiger partial charge in [-0.3, -0.25) is 9.59 Å². The molecule has 0 radical (unpaired) electrons. The van der Waals surface area contributed by atoms with Gasteiger partial charge in [-0.1, -0.05) is 68.2 Å². The van der Waals surface area contributed by atoms with E-state index in [-0.39, 0.29) is 36.2 Å². The summed E-state index contributed by atoms with van der Waals surface area (Å²) < 4.78 is 0. The van der Waals surface area contributed by atoms with Crippen LogP contribution in [0.1, 0.15) is 77.0 Å². The number of carboxylic acids is 1. The largest absolute Gasteiger partial charge is 0.481 e. The summed E-state index contributed by atoms with van der Waals surface area (Å²) in [6.07, 6.45) is 0.683. The van der Waals surface area contributed by atoms with E-state index < -0.39 is 17.0 Å². The maximum Gasteiger partial charge on any atom is 0.304 e. The molecule has 0 spiro atoms. The molecule has 2 N–H and O–H groups in total. The SMILES string of the molecule is CCC([C@@H](C)C(C)(C)O)N1C(=O)[C@@](C)(CC(=O)O)CC(c2cccc(Cl)c2)C1c1ccc(Cl)cc1. The van der Waals surface area contributed by atoms with E-state index in [0.717, 1.165) is 11.1 Å². The predicted molar refractivity (Wildman–Crippen MR) is 140 cm³/mol. The lowest BCUT2D eigenvalue weighted by molar-refractivity contribution is -0.164. The number of halogens is 2. The zero-order valence-corrected chi connectivity index (χ0v) is 22.5. The number of aliphatic carboxylic acids is 1. The molecule has 7 heteroatoms. The third-order valence-corrected chi connectivity index (χ3v) is 8.09. The van der Waals surface area contributed by atoms with Gasteiger partial charge >= 0.3 is 5.97 Å². The van der Waals surface area contributed by atoms with Crippen molar-refractivity contribution >= 4 is 35.1 Å². The molecular formula is C28H35Cl2NO4. The molecule has 5 atom stereocenters. The summed E-state index contributed by atoms with van der Waals surface area (Å²) in [6.45, 7) is 9.18. The molecule has 1 aliphatic heterocycles. The van der Waals surface area contributed by atoms with E-state index in [1.165, 1.54) is 0 Å². The van der Waals surface area contributed by atoms with E-state index in [0.29, 0.717) is 22.9 Å². The molecule has 0 bridgehead atoms. The Kier molecular flexibility index (Phi) is 8.25. The Morgan fingerprint density at radius 1 is 1.14 bits per heavy atom. The number of hydrogen-bond donors (Lipinski definition) is 2. The second kappa shape index (κ2) is 10.5. The van der Waals surface area contributed by atoms with Crippen LogP contribution in [-0.4, -0.2) is 38.6 Å². The van der Waals surface area contributed by atoms with Crippen molar-refractivity contribution in [3.05, 3.63) is 69.7 Å². The van der Waals surface area contributed by atoms with Gasteiger partial charge in [0, 0.05) is 27.9 Å². The third kappa shape index (κ3) is 5.84. The Balaban J connectivity index is 2.28.